The summed E-state index contributed by atoms with van der Waals surface area (Å²) in [6, 6.07) is 13.7. The fourth-order valence-electron chi connectivity index (χ4n) is 3.66. The second-order valence-electron chi connectivity index (χ2n) is 7.58. The lowest BCUT2D eigenvalue weighted by molar-refractivity contribution is 0.240. The number of hydrogen-bond acceptors (Lipinski definition) is 4. The van der Waals surface area contributed by atoms with Crippen molar-refractivity contribution in [2.75, 3.05) is 18.0 Å². The molecule has 1 fully saturated rings. The van der Waals surface area contributed by atoms with Crippen molar-refractivity contribution >= 4 is 11.8 Å². The van der Waals surface area contributed by atoms with E-state index in [0.717, 1.165) is 35.7 Å². The number of aromatic nitrogens is 3. The fourth-order valence-corrected chi connectivity index (χ4v) is 3.66. The SMILES string of the molecule is O=C(NCc1ccc(-n2cccn2)cc1)NCc1ccnc(N2CCCCCC2)c1. The lowest BCUT2D eigenvalue weighted by Gasteiger charge is -2.21. The summed E-state index contributed by atoms with van der Waals surface area (Å²) in [6.07, 6.45) is 10.5. The van der Waals surface area contributed by atoms with Crippen LogP contribution in [0.2, 0.25) is 0 Å². The molecule has 0 saturated carbocycles. The lowest BCUT2D eigenvalue weighted by atomic mass is 10.2. The van der Waals surface area contributed by atoms with Crippen LogP contribution in [0.25, 0.3) is 5.69 Å². The minimum atomic E-state index is -0.181. The minimum absolute atomic E-state index is 0.181. The molecule has 7 nitrogen and oxygen atoms in total. The summed E-state index contributed by atoms with van der Waals surface area (Å²) in [5.41, 5.74) is 3.09. The molecule has 0 aliphatic carbocycles. The highest BCUT2D eigenvalue weighted by atomic mass is 16.2. The number of rotatable bonds is 6. The number of anilines is 1. The average molecular weight is 405 g/mol. The van der Waals surface area contributed by atoms with Crippen molar-refractivity contribution in [1.29, 1.82) is 0 Å². The van der Waals surface area contributed by atoms with Crippen molar-refractivity contribution in [3.63, 3.8) is 0 Å². The lowest BCUT2D eigenvalue weighted by Crippen LogP contribution is -2.34. The Bertz CT molecular complexity index is 931. The molecule has 2 aromatic heterocycles. The predicted octanol–water partition coefficient (Wildman–Crippen LogP) is 3.65. The smallest absolute Gasteiger partial charge is 0.315 e. The highest BCUT2D eigenvalue weighted by molar-refractivity contribution is 5.73. The summed E-state index contributed by atoms with van der Waals surface area (Å²) in [6.45, 7) is 3.07. The molecule has 0 spiro atoms. The summed E-state index contributed by atoms with van der Waals surface area (Å²) in [4.78, 5) is 19.1. The monoisotopic (exact) mass is 404 g/mol. The zero-order valence-electron chi connectivity index (χ0n) is 17.1. The van der Waals surface area contributed by atoms with Gasteiger partial charge >= 0.3 is 6.03 Å². The average Bonchev–Trinajstić information content (AvgIpc) is 3.19. The van der Waals surface area contributed by atoms with Crippen molar-refractivity contribution in [1.82, 2.24) is 25.4 Å². The molecular weight excluding hydrogens is 376 g/mol. The molecule has 0 radical (unpaired) electrons. The Kier molecular flexibility index (Phi) is 6.59. The van der Waals surface area contributed by atoms with Gasteiger partial charge in [-0.15, -0.1) is 0 Å². The summed E-state index contributed by atoms with van der Waals surface area (Å²) in [7, 11) is 0. The van der Waals surface area contributed by atoms with Gasteiger partial charge in [0.1, 0.15) is 5.82 Å². The van der Waals surface area contributed by atoms with E-state index in [1.807, 2.05) is 48.8 Å². The van der Waals surface area contributed by atoms with Crippen molar-refractivity contribution < 1.29 is 4.79 Å². The van der Waals surface area contributed by atoms with Crippen LogP contribution in [0.5, 0.6) is 0 Å². The van der Waals surface area contributed by atoms with Crippen molar-refractivity contribution in [2.24, 2.45) is 0 Å². The van der Waals surface area contributed by atoms with Crippen molar-refractivity contribution in [3.8, 4) is 5.69 Å². The van der Waals surface area contributed by atoms with E-state index in [0.29, 0.717) is 13.1 Å². The first-order valence-corrected chi connectivity index (χ1v) is 10.6. The maximum Gasteiger partial charge on any atom is 0.315 e. The van der Waals surface area contributed by atoms with Gasteiger partial charge in [-0.1, -0.05) is 25.0 Å². The van der Waals surface area contributed by atoms with Gasteiger partial charge in [0.2, 0.25) is 0 Å². The van der Waals surface area contributed by atoms with Crippen LogP contribution in [0.4, 0.5) is 10.6 Å². The number of carbonyl (C=O) groups is 1. The molecule has 0 unspecified atom stereocenters. The summed E-state index contributed by atoms with van der Waals surface area (Å²) in [5.74, 6) is 1.01. The minimum Gasteiger partial charge on any atom is -0.357 e. The Morgan fingerprint density at radius 2 is 1.63 bits per heavy atom. The van der Waals surface area contributed by atoms with Gasteiger partial charge in [0.05, 0.1) is 5.69 Å². The zero-order valence-corrected chi connectivity index (χ0v) is 17.1. The molecule has 0 bridgehead atoms. The van der Waals surface area contributed by atoms with Crippen LogP contribution >= 0.6 is 0 Å². The third kappa shape index (κ3) is 5.37. The first-order valence-electron chi connectivity index (χ1n) is 10.6. The maximum atomic E-state index is 12.2. The Morgan fingerprint density at radius 1 is 0.900 bits per heavy atom. The number of carbonyl (C=O) groups excluding carboxylic acids is 1. The van der Waals surface area contributed by atoms with E-state index >= 15 is 0 Å². The Hall–Kier alpha value is -3.35. The molecule has 7 heteroatoms. The van der Waals surface area contributed by atoms with Crippen molar-refractivity contribution in [2.45, 2.75) is 38.8 Å². The van der Waals surface area contributed by atoms with E-state index in [2.05, 4.69) is 31.7 Å². The van der Waals surface area contributed by atoms with E-state index in [9.17, 15) is 4.79 Å². The van der Waals surface area contributed by atoms with E-state index in [1.54, 1.807) is 10.9 Å². The first kappa shape index (κ1) is 19.9. The maximum absolute atomic E-state index is 12.2. The van der Waals surface area contributed by atoms with Crippen LogP contribution in [-0.4, -0.2) is 33.9 Å². The molecule has 156 valence electrons. The number of pyridine rings is 1. The van der Waals surface area contributed by atoms with Crippen molar-refractivity contribution in [3.05, 3.63) is 72.2 Å². The molecule has 4 rings (SSSR count). The van der Waals surface area contributed by atoms with Gasteiger partial charge in [0, 0.05) is 44.8 Å². The fraction of sp³-hybridized carbons (Fsp3) is 0.348. The number of urea groups is 1. The quantitative estimate of drug-likeness (QED) is 0.658. The number of nitrogens with one attached hydrogen (secondary N) is 2. The summed E-state index contributed by atoms with van der Waals surface area (Å²) >= 11 is 0. The van der Waals surface area contributed by atoms with E-state index in [1.165, 1.54) is 25.7 Å². The third-order valence-corrected chi connectivity index (χ3v) is 5.35. The standard InChI is InChI=1S/C23H28N6O/c30-23(25-17-19-6-8-21(9-7-19)29-15-5-11-27-29)26-18-20-10-12-24-22(16-20)28-13-3-1-2-4-14-28/h5-12,15-16H,1-4,13-14,17-18H2,(H2,25,26,30). The Balaban J connectivity index is 1.25. The van der Waals surface area contributed by atoms with Gasteiger partial charge in [-0.2, -0.15) is 5.10 Å². The van der Waals surface area contributed by atoms with Crippen LogP contribution in [0.3, 0.4) is 0 Å². The molecule has 30 heavy (non-hydrogen) atoms. The largest absolute Gasteiger partial charge is 0.357 e. The first-order chi connectivity index (χ1) is 14.8. The third-order valence-electron chi connectivity index (χ3n) is 5.35. The van der Waals surface area contributed by atoms with E-state index in [-0.39, 0.29) is 6.03 Å². The molecule has 1 aliphatic rings. The molecule has 1 saturated heterocycles. The molecular formula is C23H28N6O. The predicted molar refractivity (Wildman–Crippen MR) is 118 cm³/mol. The molecule has 1 aromatic carbocycles. The van der Waals surface area contributed by atoms with Crippen LogP contribution in [0.15, 0.2) is 61.1 Å². The highest BCUT2D eigenvalue weighted by Crippen LogP contribution is 2.18. The van der Waals surface area contributed by atoms with E-state index < -0.39 is 0 Å². The van der Waals surface area contributed by atoms with Crippen LogP contribution in [0, 0.1) is 0 Å². The number of hydrogen-bond donors (Lipinski definition) is 2. The van der Waals surface area contributed by atoms with Gasteiger partial charge in [-0.05, 0) is 54.3 Å². The van der Waals surface area contributed by atoms with Gasteiger partial charge in [0.15, 0.2) is 0 Å². The molecule has 1 aliphatic heterocycles. The van der Waals surface area contributed by atoms with Gasteiger partial charge in [-0.3, -0.25) is 0 Å². The van der Waals surface area contributed by atoms with Crippen LogP contribution in [0.1, 0.15) is 36.8 Å². The molecule has 0 atom stereocenters. The Morgan fingerprint density at radius 3 is 2.33 bits per heavy atom. The molecule has 2 amide bonds. The second kappa shape index (κ2) is 9.91. The summed E-state index contributed by atoms with van der Waals surface area (Å²) < 4.78 is 1.80. The summed E-state index contributed by atoms with van der Waals surface area (Å²) in [5, 5.41) is 10.1. The van der Waals surface area contributed by atoms with Crippen LogP contribution < -0.4 is 15.5 Å². The number of amides is 2. The number of nitrogens with zero attached hydrogens (tertiary/aromatic N) is 4. The Labute approximate surface area is 177 Å². The zero-order chi connectivity index (χ0) is 20.6. The molecule has 3 heterocycles. The van der Waals surface area contributed by atoms with Crippen LogP contribution in [-0.2, 0) is 13.1 Å². The van der Waals surface area contributed by atoms with Gasteiger partial charge in [-0.25, -0.2) is 14.5 Å². The second-order valence-corrected chi connectivity index (χ2v) is 7.58. The van der Waals surface area contributed by atoms with E-state index in [4.69, 9.17) is 0 Å². The van der Waals surface area contributed by atoms with Gasteiger partial charge in [0.25, 0.3) is 0 Å². The topological polar surface area (TPSA) is 75.1 Å². The molecule has 2 N–H and O–H groups in total. The highest BCUT2D eigenvalue weighted by Gasteiger charge is 2.11. The normalized spacial score (nSPS) is 14.2. The van der Waals surface area contributed by atoms with Gasteiger partial charge < -0.3 is 15.5 Å². The number of benzene rings is 1. The molecule has 3 aromatic rings.